The molecular weight excluding hydrogens is 122 g/mol. The molecule has 0 rings (SSSR count). The molecule has 3 heteroatoms. The van der Waals surface area contributed by atoms with Crippen LogP contribution in [0.25, 0.3) is 0 Å². The average molecular weight is 135 g/mol. The highest BCUT2D eigenvalue weighted by Gasteiger charge is 2.08. The molecule has 0 saturated heterocycles. The van der Waals surface area contributed by atoms with Gasteiger partial charge in [-0.15, -0.1) is 0 Å². The number of hydrogen-bond acceptors (Lipinski definition) is 1. The van der Waals surface area contributed by atoms with Gasteiger partial charge in [-0.25, -0.2) is 8.93 Å². The van der Waals surface area contributed by atoms with Crippen molar-refractivity contribution < 1.29 is 4.21 Å². The van der Waals surface area contributed by atoms with E-state index >= 15 is 0 Å². The van der Waals surface area contributed by atoms with Gasteiger partial charge in [-0.3, -0.25) is 0 Å². The van der Waals surface area contributed by atoms with Gasteiger partial charge in [0.05, 0.1) is 11.0 Å². The molecule has 50 valence electrons. The highest BCUT2D eigenvalue weighted by atomic mass is 32.2. The maximum Gasteiger partial charge on any atom is 0.0888 e. The smallest absolute Gasteiger partial charge is 0.0888 e. The molecule has 1 atom stereocenters. The Morgan fingerprint density at radius 3 is 1.75 bits per heavy atom. The molecule has 0 radical (unpaired) electrons. The van der Waals surface area contributed by atoms with Crippen molar-refractivity contribution in [1.82, 2.24) is 4.72 Å². The lowest BCUT2D eigenvalue weighted by Crippen LogP contribution is -2.36. The minimum Gasteiger partial charge on any atom is -0.243 e. The van der Waals surface area contributed by atoms with Gasteiger partial charge in [0.2, 0.25) is 0 Å². The van der Waals surface area contributed by atoms with Crippen molar-refractivity contribution in [3.8, 4) is 0 Å². The summed E-state index contributed by atoms with van der Waals surface area (Å²) in [6.07, 6.45) is 1.63. The predicted molar refractivity (Wildman–Crippen MR) is 37.0 cm³/mol. The third-order valence-electron chi connectivity index (χ3n) is 0.450. The molecular formula is C5H13NOS. The standard InChI is InChI=1S/C5H13NOS/c1-5(2,3)6-8(4)7/h6H,1-4H3/t8-/m0/s1. The largest absolute Gasteiger partial charge is 0.243 e. The van der Waals surface area contributed by atoms with Crippen molar-refractivity contribution in [2.75, 3.05) is 6.26 Å². The lowest BCUT2D eigenvalue weighted by Gasteiger charge is -2.17. The van der Waals surface area contributed by atoms with E-state index in [-0.39, 0.29) is 5.54 Å². The summed E-state index contributed by atoms with van der Waals surface area (Å²) in [5.74, 6) is 0. The van der Waals surface area contributed by atoms with E-state index in [0.717, 1.165) is 0 Å². The zero-order valence-corrected chi connectivity index (χ0v) is 6.63. The molecule has 2 nitrogen and oxygen atoms in total. The molecule has 0 aliphatic carbocycles. The van der Waals surface area contributed by atoms with Gasteiger partial charge in [-0.1, -0.05) is 0 Å². The summed E-state index contributed by atoms with van der Waals surface area (Å²) in [6, 6.07) is 0. The molecule has 1 N–H and O–H groups in total. The SMILES string of the molecule is C[S@](=O)NC(C)(C)C. The maximum atomic E-state index is 10.5. The molecule has 8 heavy (non-hydrogen) atoms. The maximum absolute atomic E-state index is 10.5. The number of nitrogens with one attached hydrogen (secondary N) is 1. The van der Waals surface area contributed by atoms with E-state index in [1.165, 1.54) is 0 Å². The lowest BCUT2D eigenvalue weighted by molar-refractivity contribution is 0.521. The first-order valence-electron chi connectivity index (χ1n) is 2.53. The fourth-order valence-corrected chi connectivity index (χ4v) is 1.29. The monoisotopic (exact) mass is 135 g/mol. The molecule has 0 aliphatic rings. The van der Waals surface area contributed by atoms with Gasteiger partial charge in [0.1, 0.15) is 0 Å². The fourth-order valence-electron chi connectivity index (χ4n) is 0.431. The van der Waals surface area contributed by atoms with Crippen LogP contribution >= 0.6 is 0 Å². The Hall–Kier alpha value is 0.110. The normalized spacial score (nSPS) is 16.0. The van der Waals surface area contributed by atoms with Crippen LogP contribution in [0.4, 0.5) is 0 Å². The van der Waals surface area contributed by atoms with E-state index in [2.05, 4.69) is 4.72 Å². The molecule has 0 bridgehead atoms. The minimum atomic E-state index is -0.885. The van der Waals surface area contributed by atoms with Gasteiger partial charge >= 0.3 is 0 Å². The second kappa shape index (κ2) is 2.60. The van der Waals surface area contributed by atoms with Crippen molar-refractivity contribution in [2.24, 2.45) is 0 Å². The molecule has 0 amide bonds. The highest BCUT2D eigenvalue weighted by Crippen LogP contribution is 1.97. The highest BCUT2D eigenvalue weighted by molar-refractivity contribution is 7.82. The second-order valence-electron chi connectivity index (χ2n) is 2.81. The first-order valence-corrected chi connectivity index (χ1v) is 4.09. The van der Waals surface area contributed by atoms with Gasteiger partial charge in [0.15, 0.2) is 0 Å². The Bertz CT molecular complexity index is 95.1. The Kier molecular flexibility index (Phi) is 2.63. The van der Waals surface area contributed by atoms with Crippen LogP contribution in [-0.2, 0) is 11.0 Å². The minimum absolute atomic E-state index is 0.0282. The molecule has 0 fully saturated rings. The van der Waals surface area contributed by atoms with Crippen LogP contribution in [0.15, 0.2) is 0 Å². The summed E-state index contributed by atoms with van der Waals surface area (Å²) >= 11 is 0. The zero-order valence-electron chi connectivity index (χ0n) is 5.82. The third-order valence-corrected chi connectivity index (χ3v) is 1.35. The van der Waals surface area contributed by atoms with E-state index in [9.17, 15) is 4.21 Å². The van der Waals surface area contributed by atoms with Crippen molar-refractivity contribution in [1.29, 1.82) is 0 Å². The average Bonchev–Trinajstić information content (AvgIpc) is 1.21. The first kappa shape index (κ1) is 8.11. The summed E-state index contributed by atoms with van der Waals surface area (Å²) in [7, 11) is -0.885. The second-order valence-corrected chi connectivity index (χ2v) is 3.92. The summed E-state index contributed by atoms with van der Waals surface area (Å²) in [6.45, 7) is 5.94. The number of rotatable bonds is 1. The van der Waals surface area contributed by atoms with Gasteiger partial charge in [0, 0.05) is 11.8 Å². The Morgan fingerprint density at radius 1 is 1.38 bits per heavy atom. The van der Waals surface area contributed by atoms with Crippen LogP contribution in [-0.4, -0.2) is 16.0 Å². The quantitative estimate of drug-likeness (QED) is 0.562. The van der Waals surface area contributed by atoms with E-state index in [1.54, 1.807) is 6.26 Å². The summed E-state index contributed by atoms with van der Waals surface area (Å²) < 4.78 is 13.3. The van der Waals surface area contributed by atoms with Gasteiger partial charge in [-0.2, -0.15) is 0 Å². The Labute approximate surface area is 53.3 Å². The third kappa shape index (κ3) is 6.11. The van der Waals surface area contributed by atoms with Gasteiger partial charge < -0.3 is 0 Å². The van der Waals surface area contributed by atoms with Gasteiger partial charge in [-0.05, 0) is 20.8 Å². The lowest BCUT2D eigenvalue weighted by atomic mass is 10.1. The van der Waals surface area contributed by atoms with E-state index in [4.69, 9.17) is 0 Å². The van der Waals surface area contributed by atoms with Crippen LogP contribution in [0.1, 0.15) is 20.8 Å². The zero-order chi connectivity index (χ0) is 6.78. The van der Waals surface area contributed by atoms with E-state index in [0.29, 0.717) is 0 Å². The molecule has 0 unspecified atom stereocenters. The van der Waals surface area contributed by atoms with Crippen LogP contribution in [0.2, 0.25) is 0 Å². The summed E-state index contributed by atoms with van der Waals surface area (Å²) in [5, 5.41) is 0. The number of hydrogen-bond donors (Lipinski definition) is 1. The summed E-state index contributed by atoms with van der Waals surface area (Å²) in [4.78, 5) is 0. The fraction of sp³-hybridized carbons (Fsp3) is 1.00. The molecule has 0 aromatic rings. The molecule has 0 spiro atoms. The van der Waals surface area contributed by atoms with Crippen LogP contribution < -0.4 is 4.72 Å². The Morgan fingerprint density at radius 2 is 1.75 bits per heavy atom. The Balaban J connectivity index is 3.55. The first-order chi connectivity index (χ1) is 3.42. The van der Waals surface area contributed by atoms with Crippen LogP contribution in [0, 0.1) is 0 Å². The van der Waals surface area contributed by atoms with Crippen LogP contribution in [0.3, 0.4) is 0 Å². The van der Waals surface area contributed by atoms with Crippen molar-refractivity contribution in [3.63, 3.8) is 0 Å². The van der Waals surface area contributed by atoms with E-state index in [1.807, 2.05) is 20.8 Å². The van der Waals surface area contributed by atoms with Crippen LogP contribution in [0.5, 0.6) is 0 Å². The van der Waals surface area contributed by atoms with Crippen molar-refractivity contribution in [2.45, 2.75) is 26.3 Å². The topological polar surface area (TPSA) is 29.1 Å². The van der Waals surface area contributed by atoms with Gasteiger partial charge in [0.25, 0.3) is 0 Å². The molecule has 0 heterocycles. The molecule has 0 aromatic carbocycles. The summed E-state index contributed by atoms with van der Waals surface area (Å²) in [5.41, 5.74) is -0.0282. The van der Waals surface area contributed by atoms with Crippen molar-refractivity contribution >= 4 is 11.0 Å². The van der Waals surface area contributed by atoms with Crippen molar-refractivity contribution in [3.05, 3.63) is 0 Å². The van der Waals surface area contributed by atoms with E-state index < -0.39 is 11.0 Å². The predicted octanol–water partition coefficient (Wildman–Crippen LogP) is 0.668. The molecule has 0 saturated carbocycles. The molecule has 0 aliphatic heterocycles. The molecule has 0 aromatic heterocycles.